The van der Waals surface area contributed by atoms with Gasteiger partial charge in [-0.2, -0.15) is 0 Å². The van der Waals surface area contributed by atoms with Crippen LogP contribution in [0.3, 0.4) is 0 Å². The molecule has 0 aromatic heterocycles. The SMILES string of the molecule is CCC(CC)O[C@@H]1C=C(C(=O)O)C[C@H](NC(=O)N(C(C)C)C(C)C)[C@H]1NC(C)=O. The molecule has 0 saturated carbocycles. The highest BCUT2D eigenvalue weighted by Crippen LogP contribution is 2.25. The summed E-state index contributed by atoms with van der Waals surface area (Å²) >= 11 is 0. The third-order valence-electron chi connectivity index (χ3n) is 5.15. The maximum Gasteiger partial charge on any atom is 0.331 e. The van der Waals surface area contributed by atoms with Crippen molar-refractivity contribution in [2.24, 2.45) is 0 Å². The van der Waals surface area contributed by atoms with Crippen LogP contribution >= 0.6 is 0 Å². The topological polar surface area (TPSA) is 108 Å². The molecule has 3 amide bonds. The standard InChI is InChI=1S/C21H37N3O5/c1-8-16(9-2)29-18-11-15(20(26)27)10-17(19(18)22-14(7)25)23-21(28)24(12(3)4)13(5)6/h11-13,16-19H,8-10H2,1-7H3,(H,22,25)(H,23,28)(H,26,27)/t17-,18+,19+/m0/s1. The number of carboxylic acids is 1. The number of carboxylic acid groups (broad SMARTS) is 1. The van der Waals surface area contributed by atoms with E-state index in [2.05, 4.69) is 10.6 Å². The minimum Gasteiger partial charge on any atom is -0.478 e. The Morgan fingerprint density at radius 2 is 1.69 bits per heavy atom. The quantitative estimate of drug-likeness (QED) is 0.541. The largest absolute Gasteiger partial charge is 0.478 e. The molecule has 0 spiro atoms. The monoisotopic (exact) mass is 411 g/mol. The molecule has 0 aromatic carbocycles. The number of carbonyl (C=O) groups excluding carboxylic acids is 2. The van der Waals surface area contributed by atoms with Crippen molar-refractivity contribution in [3.05, 3.63) is 11.6 Å². The van der Waals surface area contributed by atoms with Gasteiger partial charge in [0.25, 0.3) is 0 Å². The van der Waals surface area contributed by atoms with Gasteiger partial charge in [0.1, 0.15) is 0 Å². The molecule has 0 fully saturated rings. The second kappa shape index (κ2) is 11.2. The second-order valence-corrected chi connectivity index (χ2v) is 8.12. The van der Waals surface area contributed by atoms with Crippen molar-refractivity contribution in [3.8, 4) is 0 Å². The van der Waals surface area contributed by atoms with Crippen LogP contribution < -0.4 is 10.6 Å². The van der Waals surface area contributed by atoms with E-state index in [9.17, 15) is 19.5 Å². The van der Waals surface area contributed by atoms with Gasteiger partial charge in [-0.1, -0.05) is 13.8 Å². The third kappa shape index (κ3) is 7.03. The van der Waals surface area contributed by atoms with Gasteiger partial charge in [0, 0.05) is 31.0 Å². The molecule has 0 radical (unpaired) electrons. The van der Waals surface area contributed by atoms with Crippen LogP contribution in [0.1, 0.15) is 67.7 Å². The first-order chi connectivity index (χ1) is 13.5. The molecular formula is C21H37N3O5. The van der Waals surface area contributed by atoms with Gasteiger partial charge >= 0.3 is 12.0 Å². The van der Waals surface area contributed by atoms with Gasteiger partial charge in [-0.05, 0) is 46.6 Å². The fraction of sp³-hybridized carbons (Fsp3) is 0.762. The van der Waals surface area contributed by atoms with Crippen molar-refractivity contribution in [1.82, 2.24) is 15.5 Å². The number of amides is 3. The summed E-state index contributed by atoms with van der Waals surface area (Å²) in [6.45, 7) is 13.1. The Bertz CT molecular complexity index is 605. The molecule has 3 atom stereocenters. The molecule has 29 heavy (non-hydrogen) atoms. The Balaban J connectivity index is 3.23. The lowest BCUT2D eigenvalue weighted by Gasteiger charge is -2.40. The number of ether oxygens (including phenoxy) is 1. The van der Waals surface area contributed by atoms with E-state index in [0.717, 1.165) is 12.8 Å². The number of nitrogens with zero attached hydrogens (tertiary/aromatic N) is 1. The predicted octanol–water partition coefficient (Wildman–Crippen LogP) is 2.68. The van der Waals surface area contributed by atoms with E-state index >= 15 is 0 Å². The first kappa shape index (κ1) is 24.9. The summed E-state index contributed by atoms with van der Waals surface area (Å²) in [4.78, 5) is 38.2. The Hall–Kier alpha value is -2.09. The van der Waals surface area contributed by atoms with E-state index in [1.807, 2.05) is 41.5 Å². The lowest BCUT2D eigenvalue weighted by Crippen LogP contribution is -2.62. The maximum absolute atomic E-state index is 12.9. The van der Waals surface area contributed by atoms with Crippen molar-refractivity contribution in [2.45, 2.75) is 104 Å². The lowest BCUT2D eigenvalue weighted by molar-refractivity contribution is -0.133. The first-order valence-corrected chi connectivity index (χ1v) is 10.5. The zero-order chi connectivity index (χ0) is 22.3. The summed E-state index contributed by atoms with van der Waals surface area (Å²) in [5, 5.41) is 15.4. The molecule has 8 nitrogen and oxygen atoms in total. The fourth-order valence-electron chi connectivity index (χ4n) is 3.81. The number of hydrogen-bond acceptors (Lipinski definition) is 4. The first-order valence-electron chi connectivity index (χ1n) is 10.5. The zero-order valence-electron chi connectivity index (χ0n) is 18.7. The molecule has 1 rings (SSSR count). The van der Waals surface area contributed by atoms with Crippen molar-refractivity contribution < 1.29 is 24.2 Å². The molecule has 0 heterocycles. The molecule has 8 heteroatoms. The summed E-state index contributed by atoms with van der Waals surface area (Å²) in [6, 6.07) is -1.49. The average Bonchev–Trinajstić information content (AvgIpc) is 2.60. The van der Waals surface area contributed by atoms with E-state index < -0.39 is 24.2 Å². The van der Waals surface area contributed by atoms with Gasteiger partial charge in [-0.15, -0.1) is 0 Å². The van der Waals surface area contributed by atoms with Crippen LogP contribution in [0.4, 0.5) is 4.79 Å². The third-order valence-corrected chi connectivity index (χ3v) is 5.15. The summed E-state index contributed by atoms with van der Waals surface area (Å²) in [5.41, 5.74) is 0.175. The number of aliphatic carboxylic acids is 1. The number of rotatable bonds is 9. The summed E-state index contributed by atoms with van der Waals surface area (Å²) in [6.07, 6.45) is 2.49. The number of hydrogen-bond donors (Lipinski definition) is 3. The smallest absolute Gasteiger partial charge is 0.331 e. The fourth-order valence-corrected chi connectivity index (χ4v) is 3.81. The molecule has 1 aliphatic carbocycles. The lowest BCUT2D eigenvalue weighted by atomic mass is 9.87. The van der Waals surface area contributed by atoms with Crippen LogP contribution in [-0.4, -0.2) is 64.3 Å². The Labute approximate surface area is 174 Å². The number of nitrogens with one attached hydrogen (secondary N) is 2. The minimum absolute atomic E-state index is 0.0242. The Morgan fingerprint density at radius 3 is 2.10 bits per heavy atom. The van der Waals surface area contributed by atoms with E-state index in [1.165, 1.54) is 6.92 Å². The van der Waals surface area contributed by atoms with Gasteiger partial charge < -0.3 is 25.4 Å². The van der Waals surface area contributed by atoms with Crippen LogP contribution in [0, 0.1) is 0 Å². The highest BCUT2D eigenvalue weighted by molar-refractivity contribution is 5.87. The molecule has 0 aliphatic heterocycles. The number of carbonyl (C=O) groups is 3. The van der Waals surface area contributed by atoms with Gasteiger partial charge in [0.15, 0.2) is 0 Å². The van der Waals surface area contributed by atoms with Crippen molar-refractivity contribution in [1.29, 1.82) is 0 Å². The van der Waals surface area contributed by atoms with E-state index in [-0.39, 0.29) is 42.1 Å². The molecule has 166 valence electrons. The van der Waals surface area contributed by atoms with Crippen LogP contribution in [0.2, 0.25) is 0 Å². The van der Waals surface area contributed by atoms with Crippen molar-refractivity contribution in [2.75, 3.05) is 0 Å². The van der Waals surface area contributed by atoms with Crippen molar-refractivity contribution in [3.63, 3.8) is 0 Å². The summed E-state index contributed by atoms with van der Waals surface area (Å²) < 4.78 is 6.13. The highest BCUT2D eigenvalue weighted by Gasteiger charge is 2.39. The summed E-state index contributed by atoms with van der Waals surface area (Å²) in [5.74, 6) is -1.31. The highest BCUT2D eigenvalue weighted by atomic mass is 16.5. The molecule has 0 saturated heterocycles. The summed E-state index contributed by atoms with van der Waals surface area (Å²) in [7, 11) is 0. The average molecular weight is 412 g/mol. The Kier molecular flexibility index (Phi) is 9.62. The van der Waals surface area contributed by atoms with Crippen molar-refractivity contribution >= 4 is 17.9 Å². The van der Waals surface area contributed by atoms with E-state index in [0.29, 0.717) is 0 Å². The normalized spacial score (nSPS) is 21.9. The molecule has 3 N–H and O–H groups in total. The van der Waals surface area contributed by atoms with Crippen LogP contribution in [0.5, 0.6) is 0 Å². The molecule has 0 bridgehead atoms. The predicted molar refractivity (Wildman–Crippen MR) is 112 cm³/mol. The van der Waals surface area contributed by atoms with Gasteiger partial charge in [-0.3, -0.25) is 4.79 Å². The Morgan fingerprint density at radius 1 is 1.14 bits per heavy atom. The molecule has 0 unspecified atom stereocenters. The number of urea groups is 1. The van der Waals surface area contributed by atoms with Crippen LogP contribution in [0.15, 0.2) is 11.6 Å². The van der Waals surface area contributed by atoms with Gasteiger partial charge in [-0.25, -0.2) is 9.59 Å². The molecule has 0 aromatic rings. The molecule has 1 aliphatic rings. The minimum atomic E-state index is -1.05. The zero-order valence-corrected chi connectivity index (χ0v) is 18.7. The van der Waals surface area contributed by atoms with Crippen LogP contribution in [-0.2, 0) is 14.3 Å². The van der Waals surface area contributed by atoms with Gasteiger partial charge in [0.05, 0.1) is 24.3 Å². The second-order valence-electron chi connectivity index (χ2n) is 8.12. The van der Waals surface area contributed by atoms with Gasteiger partial charge in [0.2, 0.25) is 5.91 Å². The maximum atomic E-state index is 12.9. The van der Waals surface area contributed by atoms with E-state index in [4.69, 9.17) is 4.74 Å². The molecular weight excluding hydrogens is 374 g/mol. The van der Waals surface area contributed by atoms with Crippen LogP contribution in [0.25, 0.3) is 0 Å². The van der Waals surface area contributed by atoms with E-state index in [1.54, 1.807) is 11.0 Å².